The molecule has 1 rings (SSSR count). The molecule has 0 aliphatic carbocycles. The lowest BCUT2D eigenvalue weighted by molar-refractivity contribution is 0.147. The van der Waals surface area contributed by atoms with Gasteiger partial charge in [-0.1, -0.05) is 43.7 Å². The highest BCUT2D eigenvalue weighted by Crippen LogP contribution is 1.99. The molecule has 3 nitrogen and oxygen atoms in total. The Hall–Kier alpha value is -1.51. The maximum Gasteiger partial charge on any atom is 0.407 e. The second-order valence-corrected chi connectivity index (χ2v) is 3.19. The van der Waals surface area contributed by atoms with Gasteiger partial charge in [0.25, 0.3) is 0 Å². The van der Waals surface area contributed by atoms with Crippen LogP contribution in [0.25, 0.3) is 0 Å². The Morgan fingerprint density at radius 1 is 1.40 bits per heavy atom. The smallest absolute Gasteiger partial charge is 0.407 e. The Kier molecular flexibility index (Phi) is 5.30. The van der Waals surface area contributed by atoms with Crippen LogP contribution in [-0.4, -0.2) is 12.7 Å². The molecule has 0 aromatic heterocycles. The summed E-state index contributed by atoms with van der Waals surface area (Å²) in [5.41, 5.74) is 0.949. The van der Waals surface area contributed by atoms with Gasteiger partial charge in [0.15, 0.2) is 0 Å². The van der Waals surface area contributed by atoms with Gasteiger partial charge in [0.2, 0.25) is 0 Å². The summed E-state index contributed by atoms with van der Waals surface area (Å²) < 4.78 is 4.92. The van der Waals surface area contributed by atoms with E-state index in [0.717, 1.165) is 18.4 Å². The first-order valence-corrected chi connectivity index (χ1v) is 5.14. The average Bonchev–Trinajstić information content (AvgIpc) is 2.28. The minimum atomic E-state index is -0.396. The van der Waals surface area contributed by atoms with Crippen molar-refractivity contribution >= 4 is 6.09 Å². The van der Waals surface area contributed by atoms with Crippen LogP contribution < -0.4 is 5.32 Å². The number of amides is 1. The van der Waals surface area contributed by atoms with Gasteiger partial charge >= 0.3 is 6.09 Å². The highest BCUT2D eigenvalue weighted by atomic mass is 16.5. The first kappa shape index (κ1) is 11.6. The molecule has 0 bridgehead atoms. The third-order valence-corrected chi connectivity index (χ3v) is 1.89. The van der Waals surface area contributed by atoms with Gasteiger partial charge in [0, 0.05) is 0 Å². The Morgan fingerprint density at radius 3 is 2.80 bits per heavy atom. The normalized spacial score (nSPS) is 9.67. The van der Waals surface area contributed by atoms with Gasteiger partial charge in [-0.15, -0.1) is 0 Å². The maximum absolute atomic E-state index is 11.1. The van der Waals surface area contributed by atoms with Crippen molar-refractivity contribution in [3.8, 4) is 0 Å². The highest BCUT2D eigenvalue weighted by molar-refractivity contribution is 5.68. The molecule has 0 atom stereocenters. The minimum Gasteiger partial charge on any atom is -0.450 e. The zero-order valence-corrected chi connectivity index (χ0v) is 8.90. The number of rotatable bonds is 5. The molecule has 0 unspecified atom stereocenters. The quantitative estimate of drug-likeness (QED) is 0.752. The van der Waals surface area contributed by atoms with E-state index in [-0.39, 0.29) is 0 Å². The van der Waals surface area contributed by atoms with Gasteiger partial charge in [0.05, 0.1) is 13.2 Å². The first-order valence-electron chi connectivity index (χ1n) is 5.14. The number of unbranched alkanes of at least 4 members (excludes halogenated alkanes) is 1. The van der Waals surface area contributed by atoms with Gasteiger partial charge in [-0.05, 0) is 12.0 Å². The fourth-order valence-corrected chi connectivity index (χ4v) is 1.04. The highest BCUT2D eigenvalue weighted by Gasteiger charge is 2.00. The molecule has 1 aromatic rings. The van der Waals surface area contributed by atoms with Crippen LogP contribution in [0.15, 0.2) is 30.3 Å². The summed E-state index contributed by atoms with van der Waals surface area (Å²) in [4.78, 5) is 11.1. The molecule has 3 heteroatoms. The molecule has 0 fully saturated rings. The molecule has 0 aliphatic rings. The van der Waals surface area contributed by atoms with E-state index in [0.29, 0.717) is 6.61 Å². The molecular formula is C12H16NO2. The summed E-state index contributed by atoms with van der Waals surface area (Å²) in [5, 5.41) is 2.57. The largest absolute Gasteiger partial charge is 0.450 e. The van der Waals surface area contributed by atoms with E-state index in [9.17, 15) is 4.79 Å². The van der Waals surface area contributed by atoms with Crippen molar-refractivity contribution in [2.24, 2.45) is 0 Å². The van der Waals surface area contributed by atoms with E-state index in [1.165, 1.54) is 0 Å². The number of carbonyl (C=O) groups excluding carboxylic acids is 1. The lowest BCUT2D eigenvalue weighted by atomic mass is 10.2. The standard InChI is InChI=1S/C12H16NO2/c1-2-3-9-15-12(14)13-10-11-7-5-4-6-8-11/h4-8,10H,2-3,9H2,1H3,(H,13,14). The third kappa shape index (κ3) is 5.05. The number of carbonyl (C=O) groups is 1. The fraction of sp³-hybridized carbons (Fsp3) is 0.333. The van der Waals surface area contributed by atoms with E-state index in [2.05, 4.69) is 12.2 Å². The van der Waals surface area contributed by atoms with Crippen LogP contribution in [0.2, 0.25) is 0 Å². The van der Waals surface area contributed by atoms with Crippen molar-refractivity contribution in [3.63, 3.8) is 0 Å². The predicted octanol–water partition coefficient (Wildman–Crippen LogP) is 2.72. The lowest BCUT2D eigenvalue weighted by Crippen LogP contribution is -2.22. The Balaban J connectivity index is 2.17. The lowest BCUT2D eigenvalue weighted by Gasteiger charge is -2.05. The van der Waals surface area contributed by atoms with Crippen LogP contribution in [-0.2, 0) is 4.74 Å². The number of nitrogens with one attached hydrogen (secondary N) is 1. The molecule has 0 saturated carbocycles. The zero-order chi connectivity index (χ0) is 10.9. The summed E-state index contributed by atoms with van der Waals surface area (Å²) in [7, 11) is 0. The maximum atomic E-state index is 11.1. The van der Waals surface area contributed by atoms with E-state index >= 15 is 0 Å². The van der Waals surface area contributed by atoms with E-state index in [4.69, 9.17) is 4.74 Å². The SMILES string of the molecule is CCCCOC(=O)N[CH]c1ccccc1. The van der Waals surface area contributed by atoms with Crippen LogP contribution >= 0.6 is 0 Å². The van der Waals surface area contributed by atoms with Crippen LogP contribution in [0, 0.1) is 6.54 Å². The molecule has 0 spiro atoms. The van der Waals surface area contributed by atoms with Gasteiger partial charge in [-0.25, -0.2) is 4.79 Å². The van der Waals surface area contributed by atoms with Crippen molar-refractivity contribution in [1.82, 2.24) is 5.32 Å². The Labute approximate surface area is 90.4 Å². The van der Waals surface area contributed by atoms with Crippen LogP contribution in [0.4, 0.5) is 4.79 Å². The van der Waals surface area contributed by atoms with Gasteiger partial charge < -0.3 is 10.1 Å². The average molecular weight is 206 g/mol. The van der Waals surface area contributed by atoms with Crippen molar-refractivity contribution in [2.75, 3.05) is 6.61 Å². The van der Waals surface area contributed by atoms with E-state index in [1.807, 2.05) is 30.3 Å². The summed E-state index contributed by atoms with van der Waals surface area (Å²) in [6.07, 6.45) is 1.53. The fourth-order valence-electron chi connectivity index (χ4n) is 1.04. The summed E-state index contributed by atoms with van der Waals surface area (Å²) in [5.74, 6) is 0. The second-order valence-electron chi connectivity index (χ2n) is 3.19. The number of hydrogen-bond acceptors (Lipinski definition) is 2. The van der Waals surface area contributed by atoms with E-state index < -0.39 is 6.09 Å². The van der Waals surface area contributed by atoms with Gasteiger partial charge in [-0.3, -0.25) is 0 Å². The van der Waals surface area contributed by atoms with Crippen molar-refractivity contribution < 1.29 is 9.53 Å². The molecule has 0 heterocycles. The summed E-state index contributed by atoms with van der Waals surface area (Å²) >= 11 is 0. The molecule has 1 N–H and O–H groups in total. The summed E-state index contributed by atoms with van der Waals surface area (Å²) in [6, 6.07) is 9.57. The third-order valence-electron chi connectivity index (χ3n) is 1.89. The van der Waals surface area contributed by atoms with Crippen molar-refractivity contribution in [3.05, 3.63) is 42.4 Å². The number of ether oxygens (including phenoxy) is 1. The number of benzene rings is 1. The predicted molar refractivity (Wildman–Crippen MR) is 59.2 cm³/mol. The molecule has 15 heavy (non-hydrogen) atoms. The second kappa shape index (κ2) is 6.87. The number of alkyl carbamates (subject to hydrolysis) is 1. The van der Waals surface area contributed by atoms with Crippen molar-refractivity contribution in [1.29, 1.82) is 0 Å². The van der Waals surface area contributed by atoms with Gasteiger partial charge in [0.1, 0.15) is 0 Å². The summed E-state index contributed by atoms with van der Waals surface area (Å²) in [6.45, 7) is 4.16. The van der Waals surface area contributed by atoms with Gasteiger partial charge in [-0.2, -0.15) is 0 Å². The Bertz CT molecular complexity index is 285. The monoisotopic (exact) mass is 206 g/mol. The molecule has 1 amide bonds. The molecule has 0 saturated heterocycles. The van der Waals surface area contributed by atoms with Crippen LogP contribution in [0.3, 0.4) is 0 Å². The molecule has 0 aliphatic heterocycles. The number of hydrogen-bond donors (Lipinski definition) is 1. The van der Waals surface area contributed by atoms with Crippen molar-refractivity contribution in [2.45, 2.75) is 19.8 Å². The topological polar surface area (TPSA) is 38.3 Å². The molecular weight excluding hydrogens is 190 g/mol. The van der Waals surface area contributed by atoms with Crippen LogP contribution in [0.5, 0.6) is 0 Å². The molecule has 1 radical (unpaired) electrons. The van der Waals surface area contributed by atoms with Crippen LogP contribution in [0.1, 0.15) is 25.3 Å². The van der Waals surface area contributed by atoms with E-state index in [1.54, 1.807) is 6.54 Å². The molecule has 1 aromatic carbocycles. The minimum absolute atomic E-state index is 0.396. The first-order chi connectivity index (χ1) is 7.33. The molecule has 81 valence electrons. The Morgan fingerprint density at radius 2 is 2.13 bits per heavy atom. The zero-order valence-electron chi connectivity index (χ0n) is 8.90.